The number of benzene rings is 1. The summed E-state index contributed by atoms with van der Waals surface area (Å²) in [5, 5.41) is 7.31. The highest BCUT2D eigenvalue weighted by atomic mass is 32.2. The molecule has 1 aromatic carbocycles. The lowest BCUT2D eigenvalue weighted by Gasteiger charge is -2.51. The second-order valence-electron chi connectivity index (χ2n) is 6.37. The van der Waals surface area contributed by atoms with E-state index in [4.69, 9.17) is 10.5 Å². The second-order valence-corrected chi connectivity index (χ2v) is 8.55. The van der Waals surface area contributed by atoms with Gasteiger partial charge in [0.25, 0.3) is 11.6 Å². The van der Waals surface area contributed by atoms with Crippen LogP contribution in [0.2, 0.25) is 0 Å². The molecule has 0 aliphatic carbocycles. The Balaban J connectivity index is 2.10. The molecule has 2 amide bonds. The maximum absolute atomic E-state index is 13.0. The van der Waals surface area contributed by atoms with E-state index in [1.807, 2.05) is 0 Å². The van der Waals surface area contributed by atoms with Gasteiger partial charge in [-0.1, -0.05) is 35.5 Å². The van der Waals surface area contributed by atoms with Gasteiger partial charge in [-0.25, -0.2) is 4.98 Å². The number of β-lactam (4-membered cyclic amide) rings is 1. The van der Waals surface area contributed by atoms with E-state index in [1.165, 1.54) is 29.6 Å². The number of nitrogens with two attached hydrogens (primary N) is 1. The van der Waals surface area contributed by atoms with Crippen molar-refractivity contribution < 1.29 is 36.9 Å². The number of rotatable bonds is 7. The monoisotopic (exact) mass is 483 g/mol. The molecule has 3 rings (SSSR count). The number of hydrogen-bond donors (Lipinski definition) is 3. The number of carbonyl (C=O) groups is 3. The van der Waals surface area contributed by atoms with Crippen molar-refractivity contribution in [3.63, 3.8) is 0 Å². The highest BCUT2D eigenvalue weighted by Crippen LogP contribution is 2.46. The number of esters is 1. The van der Waals surface area contributed by atoms with Crippen LogP contribution in [0.3, 0.4) is 0 Å². The molecule has 1 saturated heterocycles. The first-order valence-corrected chi connectivity index (χ1v) is 11.0. The summed E-state index contributed by atoms with van der Waals surface area (Å²) in [5.74, 6) is -3.48. The van der Waals surface area contributed by atoms with E-state index in [1.54, 1.807) is 6.07 Å². The molecule has 2 aromatic rings. The van der Waals surface area contributed by atoms with Crippen molar-refractivity contribution >= 4 is 50.3 Å². The zero-order valence-corrected chi connectivity index (χ0v) is 18.2. The third kappa shape index (κ3) is 4.12. The van der Waals surface area contributed by atoms with Gasteiger partial charge in [0.2, 0.25) is 0 Å². The van der Waals surface area contributed by atoms with Gasteiger partial charge in [0, 0.05) is 12.3 Å². The average Bonchev–Trinajstić information content (AvgIpc) is 3.14. The molecule has 1 aliphatic heterocycles. The number of aromatic nitrogens is 1. The minimum atomic E-state index is -5.08. The summed E-state index contributed by atoms with van der Waals surface area (Å²) in [5.41, 5.74) is 2.81. The van der Waals surface area contributed by atoms with Crippen LogP contribution in [0.4, 0.5) is 5.13 Å². The maximum atomic E-state index is 13.0. The molecule has 1 aromatic heterocycles. The van der Waals surface area contributed by atoms with Gasteiger partial charge in [-0.05, 0) is 5.56 Å². The standard InChI is InChI=1S/C17H17N5O8S2/c1-9(23)30-17(20-14(24)12(21-29-2)11-8-31-16(18)19-11)13(10-6-4-3-5-7-10)22(15(17)25)32(26,27)28/h3-8,13H,1-2H3,(H2,18,19)(H,20,24)(H,26,27,28)/t13-,17+/m1/s1. The van der Waals surface area contributed by atoms with Crippen molar-refractivity contribution in [1.82, 2.24) is 14.6 Å². The first-order valence-electron chi connectivity index (χ1n) is 8.72. The van der Waals surface area contributed by atoms with E-state index in [9.17, 15) is 27.4 Å². The van der Waals surface area contributed by atoms with Crippen molar-refractivity contribution in [2.45, 2.75) is 18.7 Å². The summed E-state index contributed by atoms with van der Waals surface area (Å²) in [4.78, 5) is 46.4. The number of thiazole rings is 1. The number of ether oxygens (including phenoxy) is 1. The fourth-order valence-corrected chi connectivity index (χ4v) is 4.56. The molecule has 0 unspecified atom stereocenters. The van der Waals surface area contributed by atoms with Gasteiger partial charge in [0.1, 0.15) is 18.8 Å². The lowest BCUT2D eigenvalue weighted by atomic mass is 9.86. The van der Waals surface area contributed by atoms with Crippen LogP contribution in [0.1, 0.15) is 24.2 Å². The van der Waals surface area contributed by atoms with Crippen LogP contribution in [-0.2, 0) is 34.3 Å². The lowest BCUT2D eigenvalue weighted by Crippen LogP contribution is -2.78. The van der Waals surface area contributed by atoms with Crippen molar-refractivity contribution in [3.05, 3.63) is 47.0 Å². The zero-order valence-electron chi connectivity index (χ0n) is 16.6. The summed E-state index contributed by atoms with van der Waals surface area (Å²) in [6.07, 6.45) is 0. The van der Waals surface area contributed by atoms with Crippen LogP contribution in [0.25, 0.3) is 0 Å². The van der Waals surface area contributed by atoms with E-state index in [-0.39, 0.29) is 20.7 Å². The molecular weight excluding hydrogens is 466 g/mol. The molecular formula is C17H17N5O8S2. The molecule has 32 heavy (non-hydrogen) atoms. The Bertz CT molecular complexity index is 1200. The van der Waals surface area contributed by atoms with Crippen LogP contribution in [0.15, 0.2) is 40.9 Å². The quantitative estimate of drug-likeness (QED) is 0.119. The fourth-order valence-electron chi connectivity index (χ4n) is 3.13. The highest BCUT2D eigenvalue weighted by molar-refractivity contribution is 7.84. The van der Waals surface area contributed by atoms with Gasteiger partial charge in [0.05, 0.1) is 0 Å². The van der Waals surface area contributed by atoms with Gasteiger partial charge in [0.15, 0.2) is 10.8 Å². The first kappa shape index (κ1) is 23.1. The molecule has 0 saturated carbocycles. The van der Waals surface area contributed by atoms with E-state index in [0.717, 1.165) is 25.4 Å². The number of amides is 2. The zero-order chi connectivity index (χ0) is 23.7. The van der Waals surface area contributed by atoms with Crippen molar-refractivity contribution in [3.8, 4) is 0 Å². The van der Waals surface area contributed by atoms with Gasteiger partial charge >= 0.3 is 22.2 Å². The average molecular weight is 483 g/mol. The molecule has 170 valence electrons. The number of nitrogen functional groups attached to an aromatic ring is 1. The SMILES string of the molecule is CON=C(C(=O)N[C@@]1(OC(C)=O)C(=O)N(S(=O)(=O)O)[C@@H]1c1ccccc1)c1csc(N)n1. The Morgan fingerprint density at radius 2 is 2.00 bits per heavy atom. The molecule has 13 nitrogen and oxygen atoms in total. The fraction of sp³-hybridized carbons (Fsp3) is 0.235. The predicted octanol–water partition coefficient (Wildman–Crippen LogP) is -0.162. The number of oxime groups is 1. The van der Waals surface area contributed by atoms with E-state index >= 15 is 0 Å². The summed E-state index contributed by atoms with van der Waals surface area (Å²) in [7, 11) is -3.92. The number of hydrogen-bond acceptors (Lipinski definition) is 11. The van der Waals surface area contributed by atoms with E-state index in [2.05, 4.69) is 20.3 Å². The van der Waals surface area contributed by atoms with Crippen molar-refractivity contribution in [1.29, 1.82) is 0 Å². The molecule has 1 aliphatic rings. The number of carbonyl (C=O) groups excluding carboxylic acids is 3. The number of anilines is 1. The number of nitrogens with one attached hydrogen (secondary N) is 1. The molecule has 15 heteroatoms. The van der Waals surface area contributed by atoms with Gasteiger partial charge in [-0.15, -0.1) is 11.3 Å². The normalized spacial score (nSPS) is 21.0. The molecule has 4 N–H and O–H groups in total. The second kappa shape index (κ2) is 8.52. The van der Waals surface area contributed by atoms with E-state index < -0.39 is 45.6 Å². The third-order valence-corrected chi connectivity index (χ3v) is 5.82. The topological polar surface area (TPSA) is 191 Å². The van der Waals surface area contributed by atoms with Crippen LogP contribution in [0, 0.1) is 0 Å². The third-order valence-electron chi connectivity index (χ3n) is 4.27. The molecule has 2 atom stereocenters. The van der Waals surface area contributed by atoms with Gasteiger partial charge in [-0.2, -0.15) is 12.7 Å². The molecule has 0 spiro atoms. The first-order chi connectivity index (χ1) is 15.0. The van der Waals surface area contributed by atoms with E-state index in [0.29, 0.717) is 0 Å². The Labute approximate surface area is 185 Å². The minimum Gasteiger partial charge on any atom is -0.427 e. The van der Waals surface area contributed by atoms with Crippen LogP contribution >= 0.6 is 11.3 Å². The summed E-state index contributed by atoms with van der Waals surface area (Å²) < 4.78 is 38.5. The smallest absolute Gasteiger partial charge is 0.363 e. The summed E-state index contributed by atoms with van der Waals surface area (Å²) in [6.45, 7) is 0.963. The Morgan fingerprint density at radius 1 is 1.34 bits per heavy atom. The lowest BCUT2D eigenvalue weighted by molar-refractivity contribution is -0.205. The molecule has 1 fully saturated rings. The molecule has 0 bridgehead atoms. The maximum Gasteiger partial charge on any atom is 0.363 e. The summed E-state index contributed by atoms with van der Waals surface area (Å²) >= 11 is 1.00. The molecule has 2 heterocycles. The Morgan fingerprint density at radius 3 is 2.50 bits per heavy atom. The van der Waals surface area contributed by atoms with Crippen molar-refractivity contribution in [2.75, 3.05) is 12.8 Å². The van der Waals surface area contributed by atoms with Gasteiger partial charge in [-0.3, -0.25) is 18.9 Å². The molecule has 0 radical (unpaired) electrons. The Kier molecular flexibility index (Phi) is 6.16. The van der Waals surface area contributed by atoms with Crippen LogP contribution < -0.4 is 11.1 Å². The Hall–Kier alpha value is -3.56. The largest absolute Gasteiger partial charge is 0.427 e. The van der Waals surface area contributed by atoms with Crippen LogP contribution in [-0.4, -0.2) is 58.6 Å². The van der Waals surface area contributed by atoms with Crippen molar-refractivity contribution in [2.24, 2.45) is 5.16 Å². The highest BCUT2D eigenvalue weighted by Gasteiger charge is 2.69. The summed E-state index contributed by atoms with van der Waals surface area (Å²) in [6, 6.07) is 5.90. The van der Waals surface area contributed by atoms with Gasteiger partial charge < -0.3 is 20.6 Å². The number of nitrogens with zero attached hydrogens (tertiary/aromatic N) is 3. The minimum absolute atomic E-state index is 0.000468. The van der Waals surface area contributed by atoms with Crippen LogP contribution in [0.5, 0.6) is 0 Å². The predicted molar refractivity (Wildman–Crippen MR) is 110 cm³/mol.